The van der Waals surface area contributed by atoms with Gasteiger partial charge in [0.15, 0.2) is 0 Å². The Morgan fingerprint density at radius 2 is 2.33 bits per heavy atom. The summed E-state index contributed by atoms with van der Waals surface area (Å²) in [6.07, 6.45) is 7.78. The van der Waals surface area contributed by atoms with Crippen LogP contribution in [0.3, 0.4) is 0 Å². The van der Waals surface area contributed by atoms with Gasteiger partial charge in [-0.15, -0.1) is 0 Å². The van der Waals surface area contributed by atoms with Crippen molar-refractivity contribution in [2.24, 2.45) is 11.7 Å². The van der Waals surface area contributed by atoms with E-state index >= 15 is 0 Å². The van der Waals surface area contributed by atoms with Crippen LogP contribution in [0.2, 0.25) is 0 Å². The molecular weight excluding hydrogens is 224 g/mol. The van der Waals surface area contributed by atoms with Gasteiger partial charge in [-0.25, -0.2) is 0 Å². The summed E-state index contributed by atoms with van der Waals surface area (Å²) in [5.41, 5.74) is 8.90. The van der Waals surface area contributed by atoms with Crippen molar-refractivity contribution in [3.63, 3.8) is 0 Å². The highest BCUT2D eigenvalue weighted by Crippen LogP contribution is 2.46. The molecule has 1 aromatic heterocycles. The number of aromatic nitrogens is 1. The van der Waals surface area contributed by atoms with Crippen LogP contribution in [0.1, 0.15) is 49.4 Å². The molecule has 0 amide bonds. The Hall–Kier alpha value is -0.930. The van der Waals surface area contributed by atoms with E-state index in [-0.39, 0.29) is 11.6 Å². The van der Waals surface area contributed by atoms with Gasteiger partial charge in [0.2, 0.25) is 0 Å². The number of nitrogens with two attached hydrogens (primary N) is 1. The molecule has 2 heterocycles. The van der Waals surface area contributed by atoms with E-state index in [0.717, 1.165) is 25.1 Å². The molecule has 3 heteroatoms. The van der Waals surface area contributed by atoms with Gasteiger partial charge < -0.3 is 10.5 Å². The Balaban J connectivity index is 1.76. The summed E-state index contributed by atoms with van der Waals surface area (Å²) < 4.78 is 5.97. The van der Waals surface area contributed by atoms with E-state index in [2.05, 4.69) is 18.0 Å². The van der Waals surface area contributed by atoms with Crippen LogP contribution >= 0.6 is 0 Å². The van der Waals surface area contributed by atoms with Crippen LogP contribution in [-0.2, 0) is 4.74 Å². The van der Waals surface area contributed by atoms with E-state index in [9.17, 15) is 0 Å². The first-order chi connectivity index (χ1) is 8.70. The van der Waals surface area contributed by atoms with Crippen molar-refractivity contribution < 1.29 is 4.74 Å². The molecule has 2 unspecified atom stereocenters. The fourth-order valence-electron chi connectivity index (χ4n) is 3.36. The molecule has 1 aliphatic carbocycles. The minimum atomic E-state index is 0.0626. The summed E-state index contributed by atoms with van der Waals surface area (Å²) in [7, 11) is 0. The van der Waals surface area contributed by atoms with E-state index < -0.39 is 0 Å². The second-order valence-corrected chi connectivity index (χ2v) is 5.87. The molecule has 3 nitrogen and oxygen atoms in total. The molecule has 3 rings (SSSR count). The van der Waals surface area contributed by atoms with E-state index in [4.69, 9.17) is 10.5 Å². The van der Waals surface area contributed by atoms with Gasteiger partial charge in [-0.2, -0.15) is 0 Å². The van der Waals surface area contributed by atoms with Crippen LogP contribution in [0.5, 0.6) is 0 Å². The van der Waals surface area contributed by atoms with Gasteiger partial charge in [0.1, 0.15) is 0 Å². The lowest BCUT2D eigenvalue weighted by molar-refractivity contribution is -0.146. The maximum absolute atomic E-state index is 6.45. The molecule has 1 aromatic rings. The molecule has 98 valence electrons. The maximum Gasteiger partial charge on any atom is 0.0686 e. The largest absolute Gasteiger partial charge is 0.375 e. The van der Waals surface area contributed by atoms with E-state index in [1.54, 1.807) is 0 Å². The lowest BCUT2D eigenvalue weighted by atomic mass is 9.70. The quantitative estimate of drug-likeness (QED) is 0.873. The van der Waals surface area contributed by atoms with Crippen LogP contribution in [0.15, 0.2) is 18.3 Å². The van der Waals surface area contributed by atoms with E-state index in [1.807, 2.05) is 12.3 Å². The number of nitrogens with zero attached hydrogens (tertiary/aromatic N) is 1. The summed E-state index contributed by atoms with van der Waals surface area (Å²) in [5.74, 6) is 0.521. The predicted molar refractivity (Wildman–Crippen MR) is 71.2 cm³/mol. The van der Waals surface area contributed by atoms with Crippen molar-refractivity contribution >= 4 is 0 Å². The molecule has 0 bridgehead atoms. The summed E-state index contributed by atoms with van der Waals surface area (Å²) in [6, 6.07) is 4.14. The van der Waals surface area contributed by atoms with Crippen molar-refractivity contribution in [1.82, 2.24) is 4.98 Å². The molecule has 2 N–H and O–H groups in total. The molecule has 1 spiro atoms. The predicted octanol–water partition coefficient (Wildman–Crippen LogP) is 2.74. The van der Waals surface area contributed by atoms with Crippen molar-refractivity contribution in [2.45, 2.75) is 50.7 Å². The highest BCUT2D eigenvalue weighted by atomic mass is 16.5. The summed E-state index contributed by atoms with van der Waals surface area (Å²) in [4.78, 5) is 4.48. The van der Waals surface area contributed by atoms with Crippen molar-refractivity contribution in [3.8, 4) is 0 Å². The highest BCUT2D eigenvalue weighted by Gasteiger charge is 2.44. The molecule has 1 aliphatic heterocycles. The van der Waals surface area contributed by atoms with Gasteiger partial charge in [0, 0.05) is 12.8 Å². The maximum atomic E-state index is 6.45. The summed E-state index contributed by atoms with van der Waals surface area (Å²) >= 11 is 0. The fourth-order valence-corrected chi connectivity index (χ4v) is 3.36. The average molecular weight is 246 g/mol. The number of pyridine rings is 1. The molecule has 0 aromatic carbocycles. The topological polar surface area (TPSA) is 48.1 Å². The van der Waals surface area contributed by atoms with Crippen molar-refractivity contribution in [1.29, 1.82) is 0 Å². The Kier molecular flexibility index (Phi) is 3.12. The first-order valence-corrected chi connectivity index (χ1v) is 7.01. The van der Waals surface area contributed by atoms with Crippen LogP contribution < -0.4 is 5.73 Å². The van der Waals surface area contributed by atoms with Gasteiger partial charge in [0.05, 0.1) is 17.3 Å². The van der Waals surface area contributed by atoms with Gasteiger partial charge in [-0.1, -0.05) is 6.07 Å². The van der Waals surface area contributed by atoms with Gasteiger partial charge in [-0.3, -0.25) is 4.98 Å². The zero-order valence-corrected chi connectivity index (χ0v) is 11.1. The van der Waals surface area contributed by atoms with E-state index in [0.29, 0.717) is 5.92 Å². The normalized spacial score (nSPS) is 27.8. The summed E-state index contributed by atoms with van der Waals surface area (Å²) in [5, 5.41) is 0. The van der Waals surface area contributed by atoms with Gasteiger partial charge in [0.25, 0.3) is 0 Å². The Morgan fingerprint density at radius 1 is 1.50 bits per heavy atom. The zero-order chi connectivity index (χ0) is 12.6. The molecule has 2 fully saturated rings. The van der Waals surface area contributed by atoms with Crippen molar-refractivity contribution in [2.75, 3.05) is 6.61 Å². The second kappa shape index (κ2) is 4.63. The third kappa shape index (κ3) is 2.06. The van der Waals surface area contributed by atoms with Gasteiger partial charge >= 0.3 is 0 Å². The Morgan fingerprint density at radius 3 is 3.00 bits per heavy atom. The molecule has 1 saturated heterocycles. The third-order valence-electron chi connectivity index (χ3n) is 4.67. The van der Waals surface area contributed by atoms with Crippen LogP contribution in [-0.4, -0.2) is 17.2 Å². The minimum absolute atomic E-state index is 0.0626. The van der Waals surface area contributed by atoms with Crippen molar-refractivity contribution in [3.05, 3.63) is 29.6 Å². The standard InChI is InChI=1S/C15H22N2O/c1-11-4-2-8-17-14(11)13(16)12-5-9-18-15(10-12)6-3-7-15/h2,4,8,12-13H,3,5-7,9-10,16H2,1H3. The fraction of sp³-hybridized carbons (Fsp3) is 0.667. The molecule has 0 radical (unpaired) electrons. The van der Waals surface area contributed by atoms with Crippen LogP contribution in [0.25, 0.3) is 0 Å². The highest BCUT2D eigenvalue weighted by molar-refractivity contribution is 5.21. The zero-order valence-electron chi connectivity index (χ0n) is 11.1. The second-order valence-electron chi connectivity index (χ2n) is 5.87. The minimum Gasteiger partial charge on any atom is -0.375 e. The Bertz CT molecular complexity index is 428. The molecular formula is C15H22N2O. The number of aryl methyl sites for hydroxylation is 1. The number of rotatable bonds is 2. The molecule has 2 atom stereocenters. The molecule has 1 saturated carbocycles. The first kappa shape index (κ1) is 12.1. The van der Waals surface area contributed by atoms with E-state index in [1.165, 1.54) is 24.8 Å². The number of hydrogen-bond acceptors (Lipinski definition) is 3. The lowest BCUT2D eigenvalue weighted by Crippen LogP contribution is -2.47. The third-order valence-corrected chi connectivity index (χ3v) is 4.67. The smallest absolute Gasteiger partial charge is 0.0686 e. The Labute approximate surface area is 109 Å². The SMILES string of the molecule is Cc1cccnc1C(N)C1CCOC2(CCC2)C1. The average Bonchev–Trinajstić information content (AvgIpc) is 2.37. The monoisotopic (exact) mass is 246 g/mol. The number of hydrogen-bond donors (Lipinski definition) is 1. The lowest BCUT2D eigenvalue weighted by Gasteiger charge is -2.48. The number of ether oxygens (including phenoxy) is 1. The molecule has 18 heavy (non-hydrogen) atoms. The van der Waals surface area contributed by atoms with Crippen LogP contribution in [0, 0.1) is 12.8 Å². The summed E-state index contributed by atoms with van der Waals surface area (Å²) in [6.45, 7) is 2.96. The molecule has 2 aliphatic rings. The first-order valence-electron chi connectivity index (χ1n) is 7.01. The van der Waals surface area contributed by atoms with Gasteiger partial charge in [-0.05, 0) is 56.6 Å². The van der Waals surface area contributed by atoms with Crippen LogP contribution in [0.4, 0.5) is 0 Å².